The molecule has 1 heterocycles. The van der Waals surface area contributed by atoms with E-state index in [4.69, 9.17) is 11.7 Å². The fraction of sp³-hybridized carbons (Fsp3) is 0.0370. The molecule has 4 aromatic carbocycles. The van der Waals surface area contributed by atoms with E-state index in [1.807, 2.05) is 91.0 Å². The van der Waals surface area contributed by atoms with Gasteiger partial charge in [-0.2, -0.15) is 5.10 Å². The zero-order valence-electron chi connectivity index (χ0n) is 16.9. The smallest absolute Gasteiger partial charge is 0.190 e. The second-order valence-corrected chi connectivity index (χ2v) is 8.20. The molecule has 0 atom stereocenters. The van der Waals surface area contributed by atoms with Gasteiger partial charge in [0.2, 0.25) is 0 Å². The summed E-state index contributed by atoms with van der Waals surface area (Å²) in [5, 5.41) is 5.38. The molecule has 0 aliphatic carbocycles. The topological polar surface area (TPSA) is 22.2 Å². The first kappa shape index (κ1) is 20.2. The molecule has 5 heteroatoms. The molecule has 154 valence electrons. The molecule has 32 heavy (non-hydrogen) atoms. The van der Waals surface area contributed by atoms with E-state index in [0.717, 1.165) is 16.7 Å². The number of rotatable bonds is 4. The molecule has 0 amide bonds. The molecule has 0 spiro atoms. The van der Waals surface area contributed by atoms with Gasteiger partial charge in [-0.15, -0.1) is 0 Å². The quantitative estimate of drug-likeness (QED) is 0.194. The molecule has 0 unspecified atom stereocenters. The van der Waals surface area contributed by atoms with E-state index in [2.05, 4.69) is 20.8 Å². The highest BCUT2D eigenvalue weighted by Crippen LogP contribution is 2.44. The molecule has 0 N–H and O–H groups in total. The normalized spacial score (nSPS) is 11.4. The molecular formula is C27H17BrFN3. The summed E-state index contributed by atoms with van der Waals surface area (Å²) in [6.07, 6.45) is 0. The third-order valence-corrected chi connectivity index (χ3v) is 6.28. The van der Waals surface area contributed by atoms with Gasteiger partial charge in [0.15, 0.2) is 5.69 Å². The van der Waals surface area contributed by atoms with E-state index in [1.54, 1.807) is 10.7 Å². The monoisotopic (exact) mass is 481 g/mol. The van der Waals surface area contributed by atoms with E-state index >= 15 is 4.39 Å². The zero-order valence-corrected chi connectivity index (χ0v) is 18.5. The van der Waals surface area contributed by atoms with Crippen LogP contribution in [0.4, 0.5) is 10.1 Å². The predicted molar refractivity (Wildman–Crippen MR) is 128 cm³/mol. The van der Waals surface area contributed by atoms with E-state index in [1.165, 1.54) is 6.07 Å². The summed E-state index contributed by atoms with van der Waals surface area (Å²) in [5.74, 6) is -0.487. The number of aromatic nitrogens is 2. The van der Waals surface area contributed by atoms with E-state index in [0.29, 0.717) is 15.5 Å². The lowest BCUT2D eigenvalue weighted by atomic mass is 9.77. The Bertz CT molecular complexity index is 1340. The number of benzene rings is 4. The Hall–Kier alpha value is -3.75. The number of fused-ring (bicyclic) bond motifs is 1. The second-order valence-electron chi connectivity index (χ2n) is 7.45. The molecule has 5 rings (SSSR count). The first-order valence-corrected chi connectivity index (χ1v) is 10.9. The van der Waals surface area contributed by atoms with Crippen LogP contribution in [0.3, 0.4) is 0 Å². The molecule has 0 radical (unpaired) electrons. The summed E-state index contributed by atoms with van der Waals surface area (Å²) >= 11 is 3.52. The average Bonchev–Trinajstić information content (AvgIpc) is 3.18. The van der Waals surface area contributed by atoms with Crippen LogP contribution in [0.15, 0.2) is 108 Å². The zero-order chi connectivity index (χ0) is 22.1. The van der Waals surface area contributed by atoms with Gasteiger partial charge in [0.05, 0.1) is 6.57 Å². The Kier molecular flexibility index (Phi) is 5.08. The van der Waals surface area contributed by atoms with Gasteiger partial charge in [-0.3, -0.25) is 0 Å². The van der Waals surface area contributed by atoms with Gasteiger partial charge in [0.25, 0.3) is 0 Å². The van der Waals surface area contributed by atoms with Crippen molar-refractivity contribution >= 4 is 32.5 Å². The van der Waals surface area contributed by atoms with Crippen molar-refractivity contribution in [1.82, 2.24) is 9.78 Å². The van der Waals surface area contributed by atoms with Crippen LogP contribution >= 0.6 is 15.9 Å². The largest absolute Gasteiger partial charge is 0.241 e. The Morgan fingerprint density at radius 1 is 0.781 bits per heavy atom. The second kappa shape index (κ2) is 8.07. The van der Waals surface area contributed by atoms with Crippen LogP contribution in [0.5, 0.6) is 0 Å². The SMILES string of the molecule is [C-]#[N+]c1cc(F)c2c(c1)c(Br)nn2C(c1ccccc1)(c1ccccc1)c1ccccc1. The number of hydrogen-bond donors (Lipinski definition) is 0. The average molecular weight is 482 g/mol. The van der Waals surface area contributed by atoms with Crippen molar-refractivity contribution in [2.45, 2.75) is 5.54 Å². The number of halogens is 2. The minimum atomic E-state index is -0.936. The summed E-state index contributed by atoms with van der Waals surface area (Å²) in [6.45, 7) is 7.34. The fourth-order valence-corrected chi connectivity index (χ4v) is 4.82. The minimum absolute atomic E-state index is 0.236. The number of hydrogen-bond acceptors (Lipinski definition) is 1. The van der Waals surface area contributed by atoms with Crippen LogP contribution in [-0.2, 0) is 5.54 Å². The van der Waals surface area contributed by atoms with E-state index < -0.39 is 11.4 Å². The van der Waals surface area contributed by atoms with Gasteiger partial charge >= 0.3 is 0 Å². The molecule has 1 aromatic heterocycles. The van der Waals surface area contributed by atoms with Crippen LogP contribution in [0.1, 0.15) is 16.7 Å². The first-order valence-electron chi connectivity index (χ1n) is 10.1. The van der Waals surface area contributed by atoms with Crippen LogP contribution in [0.2, 0.25) is 0 Å². The summed E-state index contributed by atoms with van der Waals surface area (Å²) < 4.78 is 17.8. The van der Waals surface area contributed by atoms with Crippen molar-refractivity contribution in [1.29, 1.82) is 0 Å². The van der Waals surface area contributed by atoms with Crippen molar-refractivity contribution in [2.24, 2.45) is 0 Å². The van der Waals surface area contributed by atoms with Crippen molar-refractivity contribution in [3.05, 3.63) is 142 Å². The van der Waals surface area contributed by atoms with Crippen molar-refractivity contribution in [3.63, 3.8) is 0 Å². The lowest BCUT2D eigenvalue weighted by Crippen LogP contribution is -2.38. The van der Waals surface area contributed by atoms with Crippen LogP contribution in [0, 0.1) is 12.4 Å². The van der Waals surface area contributed by atoms with Crippen LogP contribution in [0.25, 0.3) is 15.7 Å². The fourth-order valence-electron chi connectivity index (χ4n) is 4.36. The molecule has 0 aliphatic heterocycles. The molecule has 0 bridgehead atoms. The Balaban J connectivity index is 2.00. The first-order chi connectivity index (χ1) is 15.7. The molecule has 0 saturated carbocycles. The maximum Gasteiger partial charge on any atom is 0.190 e. The summed E-state index contributed by atoms with van der Waals surface area (Å²) in [5.41, 5.74) is 2.48. The molecular weight excluding hydrogens is 465 g/mol. The minimum Gasteiger partial charge on any atom is -0.241 e. The highest BCUT2D eigenvalue weighted by molar-refractivity contribution is 9.10. The number of nitrogens with zero attached hydrogens (tertiary/aromatic N) is 3. The molecule has 0 fully saturated rings. The summed E-state index contributed by atoms with van der Waals surface area (Å²) in [6, 6.07) is 32.9. The maximum absolute atomic E-state index is 15.6. The lowest BCUT2D eigenvalue weighted by molar-refractivity contribution is 0.466. The Labute approximate surface area is 193 Å². The van der Waals surface area contributed by atoms with Gasteiger partial charge in [0.1, 0.15) is 21.5 Å². The summed E-state index contributed by atoms with van der Waals surface area (Å²) in [7, 11) is 0. The molecule has 3 nitrogen and oxygen atoms in total. The summed E-state index contributed by atoms with van der Waals surface area (Å²) in [4.78, 5) is 3.42. The van der Waals surface area contributed by atoms with Gasteiger partial charge in [0, 0.05) is 5.39 Å². The molecule has 5 aromatic rings. The van der Waals surface area contributed by atoms with Crippen LogP contribution in [-0.4, -0.2) is 9.78 Å². The van der Waals surface area contributed by atoms with Crippen molar-refractivity contribution in [3.8, 4) is 0 Å². The standard InChI is InChI=1S/C27H17BrFN3/c1-30-22-17-23-25(24(29)18-22)32(31-26(23)28)27(19-11-5-2-6-12-19,20-13-7-3-8-14-20)21-15-9-4-10-16-21/h2-18H. The molecule has 0 saturated heterocycles. The Morgan fingerprint density at radius 2 is 1.25 bits per heavy atom. The van der Waals surface area contributed by atoms with Gasteiger partial charge in [-0.25, -0.2) is 13.9 Å². The maximum atomic E-state index is 15.6. The van der Waals surface area contributed by atoms with Gasteiger partial charge < -0.3 is 0 Å². The predicted octanol–water partition coefficient (Wildman–Crippen LogP) is 7.33. The van der Waals surface area contributed by atoms with E-state index in [-0.39, 0.29) is 5.69 Å². The highest BCUT2D eigenvalue weighted by atomic mass is 79.9. The Morgan fingerprint density at radius 3 is 1.69 bits per heavy atom. The molecule has 0 aliphatic rings. The highest BCUT2D eigenvalue weighted by Gasteiger charge is 2.41. The van der Waals surface area contributed by atoms with Gasteiger partial charge in [-0.1, -0.05) is 91.0 Å². The van der Waals surface area contributed by atoms with Crippen molar-refractivity contribution in [2.75, 3.05) is 0 Å². The van der Waals surface area contributed by atoms with Crippen molar-refractivity contribution < 1.29 is 4.39 Å². The van der Waals surface area contributed by atoms with Gasteiger partial charge in [-0.05, 0) is 44.8 Å². The van der Waals surface area contributed by atoms with Crippen LogP contribution < -0.4 is 0 Å². The lowest BCUT2D eigenvalue weighted by Gasteiger charge is -2.37. The third kappa shape index (κ3) is 3.04. The van der Waals surface area contributed by atoms with E-state index in [9.17, 15) is 0 Å². The third-order valence-electron chi connectivity index (χ3n) is 5.69.